The first kappa shape index (κ1) is 19.1. The van der Waals surface area contributed by atoms with Crippen LogP contribution in [0.2, 0.25) is 0 Å². The molecule has 0 bridgehead atoms. The van der Waals surface area contributed by atoms with Crippen LogP contribution in [0, 0.1) is 0 Å². The first-order chi connectivity index (χ1) is 14.7. The highest BCUT2D eigenvalue weighted by molar-refractivity contribution is 5.92. The van der Waals surface area contributed by atoms with Crippen LogP contribution in [0.1, 0.15) is 5.56 Å². The van der Waals surface area contributed by atoms with Gasteiger partial charge in [-0.05, 0) is 48.5 Å². The van der Waals surface area contributed by atoms with Crippen molar-refractivity contribution in [3.05, 3.63) is 84.7 Å². The van der Waals surface area contributed by atoms with Crippen molar-refractivity contribution in [3.8, 4) is 11.6 Å². The zero-order valence-electron chi connectivity index (χ0n) is 16.3. The summed E-state index contributed by atoms with van der Waals surface area (Å²) in [6.07, 6.45) is 3.73. The molecule has 0 fully saturated rings. The molecule has 0 unspecified atom stereocenters. The minimum absolute atomic E-state index is 0.111. The van der Waals surface area contributed by atoms with Crippen LogP contribution in [0.25, 0.3) is 5.82 Å². The van der Waals surface area contributed by atoms with Gasteiger partial charge in [0, 0.05) is 29.3 Å². The summed E-state index contributed by atoms with van der Waals surface area (Å²) in [5, 5.41) is 18.5. The monoisotopic (exact) mass is 400 g/mol. The Bertz CT molecular complexity index is 1110. The molecule has 2 aromatic heterocycles. The van der Waals surface area contributed by atoms with Gasteiger partial charge in [0.05, 0.1) is 13.5 Å². The predicted octanol–water partition coefficient (Wildman–Crippen LogP) is 3.60. The fraction of sp³-hybridized carbons (Fsp3) is 0.0909. The lowest BCUT2D eigenvalue weighted by molar-refractivity contribution is -0.115. The number of anilines is 3. The van der Waals surface area contributed by atoms with Gasteiger partial charge in [-0.3, -0.25) is 4.79 Å². The largest absolute Gasteiger partial charge is 0.496 e. The zero-order valence-corrected chi connectivity index (χ0v) is 16.3. The molecule has 150 valence electrons. The van der Waals surface area contributed by atoms with Gasteiger partial charge >= 0.3 is 0 Å². The van der Waals surface area contributed by atoms with Crippen LogP contribution in [0.4, 0.5) is 17.2 Å². The standard InChI is InChI=1S/C22H20N6O2/c1-30-19-6-3-2-5-16(19)15-22(29)25-18-9-7-17(8-10-18)24-20-11-12-21(27-26-20)28-14-4-13-23-28/h2-14H,15H2,1H3,(H,24,26)(H,25,29). The van der Waals surface area contributed by atoms with Gasteiger partial charge in [-0.1, -0.05) is 18.2 Å². The number of para-hydroxylation sites is 1. The molecule has 0 aliphatic rings. The molecule has 8 heteroatoms. The quantitative estimate of drug-likeness (QED) is 0.492. The first-order valence-corrected chi connectivity index (χ1v) is 9.34. The van der Waals surface area contributed by atoms with Crippen molar-refractivity contribution in [1.29, 1.82) is 0 Å². The Kier molecular flexibility index (Phi) is 5.66. The topological polar surface area (TPSA) is 94.0 Å². The number of hydrogen-bond donors (Lipinski definition) is 2. The summed E-state index contributed by atoms with van der Waals surface area (Å²) in [6.45, 7) is 0. The summed E-state index contributed by atoms with van der Waals surface area (Å²) in [4.78, 5) is 12.3. The molecule has 0 saturated heterocycles. The minimum atomic E-state index is -0.111. The van der Waals surface area contributed by atoms with E-state index < -0.39 is 0 Å². The predicted molar refractivity (Wildman–Crippen MR) is 114 cm³/mol. The summed E-state index contributed by atoms with van der Waals surface area (Å²) >= 11 is 0. The van der Waals surface area contributed by atoms with Gasteiger partial charge in [0.15, 0.2) is 11.6 Å². The van der Waals surface area contributed by atoms with Gasteiger partial charge in [-0.2, -0.15) is 5.10 Å². The van der Waals surface area contributed by atoms with Gasteiger partial charge in [-0.15, -0.1) is 10.2 Å². The number of rotatable bonds is 7. The molecule has 2 heterocycles. The number of carbonyl (C=O) groups is 1. The highest BCUT2D eigenvalue weighted by atomic mass is 16.5. The van der Waals surface area contributed by atoms with Crippen LogP contribution < -0.4 is 15.4 Å². The highest BCUT2D eigenvalue weighted by Crippen LogP contribution is 2.20. The molecule has 0 aliphatic heterocycles. The number of ether oxygens (including phenoxy) is 1. The van der Waals surface area contributed by atoms with Crippen LogP contribution in [-0.2, 0) is 11.2 Å². The second-order valence-corrected chi connectivity index (χ2v) is 6.47. The van der Waals surface area contributed by atoms with Crippen LogP contribution in [0.15, 0.2) is 79.1 Å². The SMILES string of the molecule is COc1ccccc1CC(=O)Nc1ccc(Nc2ccc(-n3cccn3)nn2)cc1. The van der Waals surface area contributed by atoms with E-state index in [9.17, 15) is 4.79 Å². The van der Waals surface area contributed by atoms with E-state index in [-0.39, 0.29) is 12.3 Å². The van der Waals surface area contributed by atoms with E-state index in [1.54, 1.807) is 24.2 Å². The molecule has 4 aromatic rings. The van der Waals surface area contributed by atoms with E-state index in [0.717, 1.165) is 11.3 Å². The Balaban J connectivity index is 1.35. The summed E-state index contributed by atoms with van der Waals surface area (Å²) in [7, 11) is 1.60. The number of aromatic nitrogens is 4. The smallest absolute Gasteiger partial charge is 0.228 e. The second-order valence-electron chi connectivity index (χ2n) is 6.47. The van der Waals surface area contributed by atoms with E-state index in [0.29, 0.717) is 23.1 Å². The molecular formula is C22H20N6O2. The molecule has 0 atom stereocenters. The summed E-state index contributed by atoms with van der Waals surface area (Å²) < 4.78 is 6.93. The number of nitrogens with zero attached hydrogens (tertiary/aromatic N) is 4. The lowest BCUT2D eigenvalue weighted by atomic mass is 10.1. The molecule has 2 aromatic carbocycles. The molecule has 0 radical (unpaired) electrons. The molecule has 2 N–H and O–H groups in total. The maximum atomic E-state index is 12.3. The van der Waals surface area contributed by atoms with Crippen LogP contribution in [0.5, 0.6) is 5.75 Å². The molecule has 4 rings (SSSR count). The Morgan fingerprint density at radius 3 is 2.47 bits per heavy atom. The third-order valence-corrected chi connectivity index (χ3v) is 4.37. The van der Waals surface area contributed by atoms with Crippen molar-refractivity contribution in [1.82, 2.24) is 20.0 Å². The summed E-state index contributed by atoms with van der Waals surface area (Å²) in [5.41, 5.74) is 2.38. The number of carbonyl (C=O) groups excluding carboxylic acids is 1. The molecule has 0 aliphatic carbocycles. The van der Waals surface area contributed by atoms with Crippen molar-refractivity contribution in [2.24, 2.45) is 0 Å². The Labute approximate surface area is 173 Å². The average Bonchev–Trinajstić information content (AvgIpc) is 3.31. The van der Waals surface area contributed by atoms with E-state index in [1.807, 2.05) is 66.7 Å². The first-order valence-electron chi connectivity index (χ1n) is 9.34. The number of amides is 1. The van der Waals surface area contributed by atoms with E-state index in [1.165, 1.54) is 0 Å². The van der Waals surface area contributed by atoms with Crippen molar-refractivity contribution in [2.75, 3.05) is 17.7 Å². The maximum Gasteiger partial charge on any atom is 0.228 e. The third-order valence-electron chi connectivity index (χ3n) is 4.37. The van der Waals surface area contributed by atoms with Gasteiger partial charge in [0.1, 0.15) is 5.75 Å². The number of hydrogen-bond acceptors (Lipinski definition) is 6. The lowest BCUT2D eigenvalue weighted by Gasteiger charge is -2.10. The number of nitrogens with one attached hydrogen (secondary N) is 2. The van der Waals surface area contributed by atoms with Gasteiger partial charge in [-0.25, -0.2) is 4.68 Å². The maximum absolute atomic E-state index is 12.3. The third kappa shape index (κ3) is 4.61. The fourth-order valence-electron chi connectivity index (χ4n) is 2.93. The lowest BCUT2D eigenvalue weighted by Crippen LogP contribution is -2.14. The Morgan fingerprint density at radius 1 is 0.967 bits per heavy atom. The van der Waals surface area contributed by atoms with Gasteiger partial charge < -0.3 is 15.4 Å². The number of methoxy groups -OCH3 is 1. The highest BCUT2D eigenvalue weighted by Gasteiger charge is 2.09. The normalized spacial score (nSPS) is 10.4. The summed E-state index contributed by atoms with van der Waals surface area (Å²) in [5.74, 6) is 1.84. The fourth-order valence-corrected chi connectivity index (χ4v) is 2.93. The van der Waals surface area contributed by atoms with Crippen LogP contribution >= 0.6 is 0 Å². The van der Waals surface area contributed by atoms with Gasteiger partial charge in [0.2, 0.25) is 5.91 Å². The van der Waals surface area contributed by atoms with Crippen molar-refractivity contribution in [3.63, 3.8) is 0 Å². The van der Waals surface area contributed by atoms with Crippen molar-refractivity contribution in [2.45, 2.75) is 6.42 Å². The molecule has 1 amide bonds. The molecule has 8 nitrogen and oxygen atoms in total. The average molecular weight is 400 g/mol. The van der Waals surface area contributed by atoms with Crippen molar-refractivity contribution >= 4 is 23.1 Å². The minimum Gasteiger partial charge on any atom is -0.496 e. The van der Waals surface area contributed by atoms with E-state index in [4.69, 9.17) is 4.74 Å². The van der Waals surface area contributed by atoms with Crippen LogP contribution in [0.3, 0.4) is 0 Å². The molecule has 0 saturated carbocycles. The van der Waals surface area contributed by atoms with E-state index >= 15 is 0 Å². The van der Waals surface area contributed by atoms with Crippen molar-refractivity contribution < 1.29 is 9.53 Å². The Morgan fingerprint density at radius 2 is 1.77 bits per heavy atom. The van der Waals surface area contributed by atoms with E-state index in [2.05, 4.69) is 25.9 Å². The van der Waals surface area contributed by atoms with Crippen LogP contribution in [-0.4, -0.2) is 33.0 Å². The second kappa shape index (κ2) is 8.87. The summed E-state index contributed by atoms with van der Waals surface area (Å²) in [6, 6.07) is 20.3. The molecule has 30 heavy (non-hydrogen) atoms. The molecule has 0 spiro atoms. The zero-order chi connectivity index (χ0) is 20.8. The van der Waals surface area contributed by atoms with Gasteiger partial charge in [0.25, 0.3) is 0 Å². The Hall–Kier alpha value is -4.20. The molecular weight excluding hydrogens is 380 g/mol. The number of benzene rings is 2.